The van der Waals surface area contributed by atoms with E-state index in [1.807, 2.05) is 0 Å². The molecule has 2 aromatic carbocycles. The van der Waals surface area contributed by atoms with Gasteiger partial charge >= 0.3 is 0 Å². The number of hydrogen-bond donors (Lipinski definition) is 2. The summed E-state index contributed by atoms with van der Waals surface area (Å²) in [4.78, 5) is 23.2. The van der Waals surface area contributed by atoms with Crippen molar-refractivity contribution >= 4 is 17.5 Å². The van der Waals surface area contributed by atoms with E-state index >= 15 is 0 Å². The Balaban J connectivity index is 2.05. The number of hydrogen-bond acceptors (Lipinski definition) is 3. The molecule has 0 fully saturated rings. The van der Waals surface area contributed by atoms with Gasteiger partial charge in [0.25, 0.3) is 5.91 Å². The zero-order chi connectivity index (χ0) is 17.7. The van der Waals surface area contributed by atoms with E-state index in [1.165, 1.54) is 26.2 Å². The van der Waals surface area contributed by atoms with Gasteiger partial charge in [0.15, 0.2) is 11.6 Å². The summed E-state index contributed by atoms with van der Waals surface area (Å²) in [6.07, 6.45) is 0. The van der Waals surface area contributed by atoms with Crippen LogP contribution in [-0.4, -0.2) is 18.9 Å². The highest BCUT2D eigenvalue weighted by molar-refractivity contribution is 5.95. The molecule has 0 bridgehead atoms. The van der Waals surface area contributed by atoms with Gasteiger partial charge in [-0.3, -0.25) is 9.59 Å². The van der Waals surface area contributed by atoms with Crippen molar-refractivity contribution in [2.75, 3.05) is 12.4 Å². The Bertz CT molecular complexity index is 744. The summed E-state index contributed by atoms with van der Waals surface area (Å²) in [7, 11) is 1.40. The molecule has 5 nitrogen and oxygen atoms in total. The van der Waals surface area contributed by atoms with Gasteiger partial charge in [-0.2, -0.15) is 0 Å². The third-order valence-corrected chi connectivity index (χ3v) is 3.49. The Kier molecular flexibility index (Phi) is 5.52. The van der Waals surface area contributed by atoms with E-state index in [1.54, 1.807) is 37.3 Å². The number of carbonyl (C=O) groups excluding carboxylic acids is 2. The molecule has 6 heteroatoms. The fraction of sp³-hybridized carbons (Fsp3) is 0.222. The Labute approximate surface area is 139 Å². The normalized spacial score (nSPS) is 11.5. The van der Waals surface area contributed by atoms with Crippen molar-refractivity contribution in [1.29, 1.82) is 0 Å². The second-order valence-corrected chi connectivity index (χ2v) is 5.35. The van der Waals surface area contributed by atoms with Crippen LogP contribution >= 0.6 is 0 Å². The van der Waals surface area contributed by atoms with Gasteiger partial charge in [0.05, 0.1) is 13.2 Å². The number of rotatable bonds is 5. The SMILES string of the molecule is COc1ccc([C@H](C)NC(=O)c2ccc(NC(C)=O)cc2)cc1F. The van der Waals surface area contributed by atoms with E-state index in [-0.39, 0.29) is 23.6 Å². The van der Waals surface area contributed by atoms with Crippen LogP contribution in [0.4, 0.5) is 10.1 Å². The highest BCUT2D eigenvalue weighted by atomic mass is 19.1. The number of anilines is 1. The molecule has 0 aliphatic heterocycles. The lowest BCUT2D eigenvalue weighted by atomic mass is 10.1. The third kappa shape index (κ3) is 4.32. The summed E-state index contributed by atoms with van der Waals surface area (Å²) in [5.41, 5.74) is 1.70. The zero-order valence-electron chi connectivity index (χ0n) is 13.7. The molecule has 24 heavy (non-hydrogen) atoms. The van der Waals surface area contributed by atoms with Crippen molar-refractivity contribution in [2.24, 2.45) is 0 Å². The molecule has 2 aromatic rings. The summed E-state index contributed by atoms with van der Waals surface area (Å²) in [5, 5.41) is 5.43. The molecule has 0 heterocycles. The van der Waals surface area contributed by atoms with Crippen LogP contribution in [0, 0.1) is 5.82 Å². The van der Waals surface area contributed by atoms with Gasteiger partial charge in [-0.25, -0.2) is 4.39 Å². The van der Waals surface area contributed by atoms with E-state index in [4.69, 9.17) is 4.74 Å². The smallest absolute Gasteiger partial charge is 0.251 e. The van der Waals surface area contributed by atoms with E-state index in [2.05, 4.69) is 10.6 Å². The Morgan fingerprint density at radius 2 is 1.79 bits per heavy atom. The average Bonchev–Trinajstić information content (AvgIpc) is 2.54. The van der Waals surface area contributed by atoms with Gasteiger partial charge in [-0.05, 0) is 48.9 Å². The van der Waals surface area contributed by atoms with Gasteiger partial charge in [0.2, 0.25) is 5.91 Å². The number of amides is 2. The van der Waals surface area contributed by atoms with Gasteiger partial charge < -0.3 is 15.4 Å². The molecule has 126 valence electrons. The highest BCUT2D eigenvalue weighted by Gasteiger charge is 2.13. The maximum atomic E-state index is 13.7. The van der Waals surface area contributed by atoms with Crippen molar-refractivity contribution in [3.8, 4) is 5.75 Å². The van der Waals surface area contributed by atoms with Crippen LogP contribution < -0.4 is 15.4 Å². The Morgan fingerprint density at radius 1 is 1.12 bits per heavy atom. The molecular weight excluding hydrogens is 311 g/mol. The molecule has 0 aliphatic rings. The van der Waals surface area contributed by atoms with Gasteiger partial charge in [-0.1, -0.05) is 6.07 Å². The lowest BCUT2D eigenvalue weighted by Gasteiger charge is -2.15. The lowest BCUT2D eigenvalue weighted by molar-refractivity contribution is -0.114. The zero-order valence-corrected chi connectivity index (χ0v) is 13.7. The summed E-state index contributed by atoms with van der Waals surface area (Å²) in [6, 6.07) is 10.7. The molecule has 2 amide bonds. The molecule has 0 unspecified atom stereocenters. The number of halogens is 1. The second-order valence-electron chi connectivity index (χ2n) is 5.35. The van der Waals surface area contributed by atoms with Crippen LogP contribution in [-0.2, 0) is 4.79 Å². The summed E-state index contributed by atoms with van der Waals surface area (Å²) < 4.78 is 18.6. The molecule has 0 saturated carbocycles. The fourth-order valence-electron chi connectivity index (χ4n) is 2.22. The number of ether oxygens (including phenoxy) is 1. The fourth-order valence-corrected chi connectivity index (χ4v) is 2.22. The first-order valence-electron chi connectivity index (χ1n) is 7.42. The van der Waals surface area contributed by atoms with Crippen molar-refractivity contribution < 1.29 is 18.7 Å². The Hall–Kier alpha value is -2.89. The minimum atomic E-state index is -0.476. The Morgan fingerprint density at radius 3 is 2.33 bits per heavy atom. The maximum Gasteiger partial charge on any atom is 0.251 e. The van der Waals surface area contributed by atoms with Gasteiger partial charge in [-0.15, -0.1) is 0 Å². The number of nitrogens with one attached hydrogen (secondary N) is 2. The second kappa shape index (κ2) is 7.59. The molecule has 1 atom stereocenters. The first-order valence-corrected chi connectivity index (χ1v) is 7.42. The van der Waals surface area contributed by atoms with Crippen molar-refractivity contribution in [2.45, 2.75) is 19.9 Å². The summed E-state index contributed by atoms with van der Waals surface area (Å²) >= 11 is 0. The molecule has 0 saturated heterocycles. The van der Waals surface area contributed by atoms with E-state index < -0.39 is 5.82 Å². The van der Waals surface area contributed by atoms with Crippen LogP contribution in [0.2, 0.25) is 0 Å². The highest BCUT2D eigenvalue weighted by Crippen LogP contribution is 2.22. The molecular formula is C18H19FN2O3. The molecule has 2 rings (SSSR count). The topological polar surface area (TPSA) is 67.4 Å². The quantitative estimate of drug-likeness (QED) is 0.884. The number of carbonyl (C=O) groups is 2. The number of benzene rings is 2. The average molecular weight is 330 g/mol. The summed E-state index contributed by atoms with van der Waals surface area (Å²) in [6.45, 7) is 3.18. The van der Waals surface area contributed by atoms with Crippen molar-refractivity contribution in [3.05, 3.63) is 59.4 Å². The van der Waals surface area contributed by atoms with Crippen LogP contribution in [0.25, 0.3) is 0 Å². The molecule has 0 aliphatic carbocycles. The molecule has 0 radical (unpaired) electrons. The van der Waals surface area contributed by atoms with E-state index in [0.29, 0.717) is 16.8 Å². The summed E-state index contributed by atoms with van der Waals surface area (Å²) in [5.74, 6) is -0.781. The van der Waals surface area contributed by atoms with E-state index in [0.717, 1.165) is 0 Å². The monoisotopic (exact) mass is 330 g/mol. The van der Waals surface area contributed by atoms with Crippen molar-refractivity contribution in [3.63, 3.8) is 0 Å². The van der Waals surface area contributed by atoms with Crippen LogP contribution in [0.5, 0.6) is 5.75 Å². The minimum absolute atomic E-state index is 0.158. The predicted molar refractivity (Wildman–Crippen MR) is 89.6 cm³/mol. The first kappa shape index (κ1) is 17.5. The van der Waals surface area contributed by atoms with Crippen molar-refractivity contribution in [1.82, 2.24) is 5.32 Å². The number of methoxy groups -OCH3 is 1. The standard InChI is InChI=1S/C18H19FN2O3/c1-11(14-6-9-17(24-3)16(19)10-14)20-18(23)13-4-7-15(8-5-13)21-12(2)22/h4-11H,1-3H3,(H,20,23)(H,21,22)/t11-/m0/s1. The molecule has 0 aromatic heterocycles. The van der Waals surface area contributed by atoms with Crippen LogP contribution in [0.15, 0.2) is 42.5 Å². The maximum absolute atomic E-state index is 13.7. The minimum Gasteiger partial charge on any atom is -0.494 e. The predicted octanol–water partition coefficient (Wildman–Crippen LogP) is 3.28. The third-order valence-electron chi connectivity index (χ3n) is 3.49. The molecule has 0 spiro atoms. The largest absolute Gasteiger partial charge is 0.494 e. The van der Waals surface area contributed by atoms with Crippen LogP contribution in [0.1, 0.15) is 35.8 Å². The lowest BCUT2D eigenvalue weighted by Crippen LogP contribution is -2.26. The molecule has 2 N–H and O–H groups in total. The van der Waals surface area contributed by atoms with Gasteiger partial charge in [0.1, 0.15) is 0 Å². The van der Waals surface area contributed by atoms with Gasteiger partial charge in [0, 0.05) is 18.2 Å². The van der Waals surface area contributed by atoms with Crippen LogP contribution in [0.3, 0.4) is 0 Å². The van der Waals surface area contributed by atoms with E-state index in [9.17, 15) is 14.0 Å². The first-order chi connectivity index (χ1) is 11.4.